The summed E-state index contributed by atoms with van der Waals surface area (Å²) in [6.45, 7) is 10.8. The van der Waals surface area contributed by atoms with Gasteiger partial charge in [-0.1, -0.05) is 25.0 Å². The molecule has 2 heteroatoms. The molecule has 1 unspecified atom stereocenters. The zero-order valence-electron chi connectivity index (χ0n) is 10.9. The summed E-state index contributed by atoms with van der Waals surface area (Å²) in [5.74, 6) is 0. The fraction of sp³-hybridized carbons (Fsp3) is 0.857. The van der Waals surface area contributed by atoms with Gasteiger partial charge in [0.05, 0.1) is 0 Å². The van der Waals surface area contributed by atoms with Crippen molar-refractivity contribution in [1.82, 2.24) is 10.2 Å². The number of hydrogen-bond acceptors (Lipinski definition) is 2. The van der Waals surface area contributed by atoms with Crippen LogP contribution in [0.2, 0.25) is 0 Å². The Bertz CT molecular complexity index is 251. The summed E-state index contributed by atoms with van der Waals surface area (Å²) >= 11 is 0. The molecule has 0 spiro atoms. The molecule has 2 aliphatic rings. The van der Waals surface area contributed by atoms with E-state index in [4.69, 9.17) is 0 Å². The van der Waals surface area contributed by atoms with Gasteiger partial charge in [0.2, 0.25) is 0 Å². The van der Waals surface area contributed by atoms with Crippen LogP contribution >= 0.6 is 0 Å². The monoisotopic (exact) mass is 222 g/mol. The van der Waals surface area contributed by atoms with Crippen molar-refractivity contribution < 1.29 is 0 Å². The third-order valence-electron chi connectivity index (χ3n) is 4.08. The molecule has 0 bridgehead atoms. The fourth-order valence-electron chi connectivity index (χ4n) is 3.35. The molecule has 16 heavy (non-hydrogen) atoms. The van der Waals surface area contributed by atoms with Gasteiger partial charge in [-0.25, -0.2) is 0 Å². The van der Waals surface area contributed by atoms with Crippen LogP contribution in [0.4, 0.5) is 0 Å². The van der Waals surface area contributed by atoms with E-state index in [0.717, 1.165) is 0 Å². The highest BCUT2D eigenvalue weighted by atomic mass is 15.1. The van der Waals surface area contributed by atoms with E-state index in [2.05, 4.69) is 30.1 Å². The second kappa shape index (κ2) is 5.33. The normalized spacial score (nSPS) is 31.8. The van der Waals surface area contributed by atoms with Crippen molar-refractivity contribution in [3.8, 4) is 0 Å². The zero-order valence-corrected chi connectivity index (χ0v) is 10.9. The summed E-state index contributed by atoms with van der Waals surface area (Å²) in [6, 6.07) is 0. The molecule has 2 heterocycles. The van der Waals surface area contributed by atoms with Gasteiger partial charge in [-0.3, -0.25) is 4.90 Å². The molecule has 1 atom stereocenters. The average molecular weight is 222 g/mol. The molecule has 2 aliphatic heterocycles. The first-order chi connectivity index (χ1) is 7.74. The lowest BCUT2D eigenvalue weighted by Crippen LogP contribution is -2.41. The summed E-state index contributed by atoms with van der Waals surface area (Å²) in [5, 5.41) is 3.56. The molecule has 0 aromatic heterocycles. The maximum atomic E-state index is 3.56. The Morgan fingerprint density at radius 2 is 2.38 bits per heavy atom. The van der Waals surface area contributed by atoms with Crippen LogP contribution in [-0.4, -0.2) is 37.6 Å². The van der Waals surface area contributed by atoms with Crippen LogP contribution in [0.5, 0.6) is 0 Å². The summed E-state index contributed by atoms with van der Waals surface area (Å²) in [5.41, 5.74) is 2.13. The zero-order chi connectivity index (χ0) is 11.4. The van der Waals surface area contributed by atoms with E-state index >= 15 is 0 Å². The molecule has 2 nitrogen and oxygen atoms in total. The smallest absolute Gasteiger partial charge is 0.0190 e. The third kappa shape index (κ3) is 2.86. The van der Waals surface area contributed by atoms with Crippen LogP contribution in [-0.2, 0) is 0 Å². The van der Waals surface area contributed by atoms with Gasteiger partial charge in [-0.15, -0.1) is 0 Å². The quantitative estimate of drug-likeness (QED) is 0.735. The molecule has 1 N–H and O–H groups in total. The number of rotatable bonds is 4. The fourth-order valence-corrected chi connectivity index (χ4v) is 3.35. The standard InChI is InChI=1S/C14H26N2/c1-3-6-14(7-8-15-11-14)12-16-9-4-5-13(2)10-16/h5,15H,3-4,6-12H2,1-2H3. The Morgan fingerprint density at radius 3 is 3.00 bits per heavy atom. The average Bonchev–Trinajstić information content (AvgIpc) is 2.67. The van der Waals surface area contributed by atoms with Gasteiger partial charge >= 0.3 is 0 Å². The molecule has 1 saturated heterocycles. The maximum Gasteiger partial charge on any atom is 0.0190 e. The molecule has 0 aromatic rings. The van der Waals surface area contributed by atoms with Crippen LogP contribution in [0.15, 0.2) is 11.6 Å². The first-order valence-electron chi connectivity index (χ1n) is 6.83. The van der Waals surface area contributed by atoms with E-state index in [-0.39, 0.29) is 0 Å². The van der Waals surface area contributed by atoms with Crippen molar-refractivity contribution in [3.63, 3.8) is 0 Å². The van der Waals surface area contributed by atoms with Gasteiger partial charge in [0.1, 0.15) is 0 Å². The second-order valence-electron chi connectivity index (χ2n) is 5.73. The second-order valence-corrected chi connectivity index (χ2v) is 5.73. The van der Waals surface area contributed by atoms with Gasteiger partial charge < -0.3 is 5.32 Å². The maximum absolute atomic E-state index is 3.56. The highest BCUT2D eigenvalue weighted by Crippen LogP contribution is 2.32. The third-order valence-corrected chi connectivity index (χ3v) is 4.08. The van der Waals surface area contributed by atoms with E-state index in [1.165, 1.54) is 58.4 Å². The molecule has 0 radical (unpaired) electrons. The van der Waals surface area contributed by atoms with E-state index in [9.17, 15) is 0 Å². The predicted octanol–water partition coefficient (Wildman–Crippen LogP) is 2.42. The summed E-state index contributed by atoms with van der Waals surface area (Å²) < 4.78 is 0. The van der Waals surface area contributed by atoms with E-state index < -0.39 is 0 Å². The lowest BCUT2D eigenvalue weighted by atomic mass is 9.81. The SMILES string of the molecule is CCCC1(CN2CCC=C(C)C2)CCNC1. The lowest BCUT2D eigenvalue weighted by Gasteiger charge is -2.36. The van der Waals surface area contributed by atoms with Crippen molar-refractivity contribution in [2.75, 3.05) is 32.7 Å². The van der Waals surface area contributed by atoms with Crippen LogP contribution in [0.1, 0.15) is 39.5 Å². The highest BCUT2D eigenvalue weighted by molar-refractivity contribution is 5.05. The van der Waals surface area contributed by atoms with Gasteiger partial charge in [0, 0.05) is 26.2 Å². The Kier molecular flexibility index (Phi) is 4.04. The van der Waals surface area contributed by atoms with Gasteiger partial charge in [0.25, 0.3) is 0 Å². The minimum atomic E-state index is 0.576. The van der Waals surface area contributed by atoms with Crippen LogP contribution < -0.4 is 5.32 Å². The molecule has 92 valence electrons. The Morgan fingerprint density at radius 1 is 1.50 bits per heavy atom. The summed E-state index contributed by atoms with van der Waals surface area (Å²) in [4.78, 5) is 2.66. The Hall–Kier alpha value is -0.340. The molecular formula is C14H26N2. The molecule has 2 rings (SSSR count). The molecule has 0 aliphatic carbocycles. The van der Waals surface area contributed by atoms with Crippen LogP contribution in [0.25, 0.3) is 0 Å². The summed E-state index contributed by atoms with van der Waals surface area (Å²) in [6.07, 6.45) is 7.74. The molecule has 0 amide bonds. The molecule has 0 saturated carbocycles. The van der Waals surface area contributed by atoms with E-state index in [0.29, 0.717) is 5.41 Å². The summed E-state index contributed by atoms with van der Waals surface area (Å²) in [7, 11) is 0. The first kappa shape index (κ1) is 12.1. The first-order valence-corrected chi connectivity index (χ1v) is 6.83. The van der Waals surface area contributed by atoms with E-state index in [1.54, 1.807) is 5.57 Å². The number of nitrogens with zero attached hydrogens (tertiary/aromatic N) is 1. The van der Waals surface area contributed by atoms with Crippen LogP contribution in [0.3, 0.4) is 0 Å². The van der Waals surface area contributed by atoms with Crippen molar-refractivity contribution >= 4 is 0 Å². The number of nitrogens with one attached hydrogen (secondary N) is 1. The molecular weight excluding hydrogens is 196 g/mol. The van der Waals surface area contributed by atoms with Crippen molar-refractivity contribution in [3.05, 3.63) is 11.6 Å². The molecule has 1 fully saturated rings. The lowest BCUT2D eigenvalue weighted by molar-refractivity contribution is 0.159. The van der Waals surface area contributed by atoms with Crippen LogP contribution in [0, 0.1) is 5.41 Å². The number of hydrogen-bond donors (Lipinski definition) is 1. The van der Waals surface area contributed by atoms with Crippen molar-refractivity contribution in [2.45, 2.75) is 39.5 Å². The molecule has 0 aromatic carbocycles. The van der Waals surface area contributed by atoms with Gasteiger partial charge in [0.15, 0.2) is 0 Å². The van der Waals surface area contributed by atoms with Gasteiger partial charge in [-0.2, -0.15) is 0 Å². The van der Waals surface area contributed by atoms with E-state index in [1.807, 2.05) is 0 Å². The van der Waals surface area contributed by atoms with Crippen molar-refractivity contribution in [1.29, 1.82) is 0 Å². The minimum absolute atomic E-state index is 0.576. The van der Waals surface area contributed by atoms with Gasteiger partial charge in [-0.05, 0) is 38.1 Å². The minimum Gasteiger partial charge on any atom is -0.316 e. The highest BCUT2D eigenvalue weighted by Gasteiger charge is 2.34. The topological polar surface area (TPSA) is 15.3 Å². The largest absolute Gasteiger partial charge is 0.316 e. The Labute approximate surface area is 100 Å². The Balaban J connectivity index is 1.93. The van der Waals surface area contributed by atoms with Crippen molar-refractivity contribution in [2.24, 2.45) is 5.41 Å². The predicted molar refractivity (Wildman–Crippen MR) is 69.6 cm³/mol.